The molecule has 15 heavy (non-hydrogen) atoms. The molecule has 1 heterocycles. The van der Waals surface area contributed by atoms with E-state index < -0.39 is 0 Å². The SMILES string of the molecule is CCN1CCCN(C)C(=O)C1CCNC. The van der Waals surface area contributed by atoms with Crippen LogP contribution in [0.5, 0.6) is 0 Å². The Bertz CT molecular complexity index is 208. The molecule has 0 aromatic carbocycles. The topological polar surface area (TPSA) is 35.6 Å². The first kappa shape index (κ1) is 12.5. The molecule has 1 aliphatic heterocycles. The van der Waals surface area contributed by atoms with Gasteiger partial charge in [0.05, 0.1) is 6.04 Å². The maximum Gasteiger partial charge on any atom is 0.239 e. The number of nitrogens with zero attached hydrogens (tertiary/aromatic N) is 2. The van der Waals surface area contributed by atoms with Crippen molar-refractivity contribution >= 4 is 5.91 Å². The first-order valence-electron chi connectivity index (χ1n) is 5.84. The van der Waals surface area contributed by atoms with Crippen LogP contribution in [0.4, 0.5) is 0 Å². The standard InChI is InChI=1S/C11H23N3O/c1-4-14-9-5-8-13(3)11(15)10(14)6-7-12-2/h10,12H,4-9H2,1-3H3. The van der Waals surface area contributed by atoms with Crippen molar-refractivity contribution in [1.29, 1.82) is 0 Å². The second-order valence-electron chi connectivity index (χ2n) is 4.15. The average molecular weight is 213 g/mol. The van der Waals surface area contributed by atoms with Gasteiger partial charge in [0.2, 0.25) is 5.91 Å². The van der Waals surface area contributed by atoms with Crippen LogP contribution in [0.25, 0.3) is 0 Å². The normalized spacial score (nSPS) is 24.3. The fourth-order valence-electron chi connectivity index (χ4n) is 2.15. The summed E-state index contributed by atoms with van der Waals surface area (Å²) < 4.78 is 0. The van der Waals surface area contributed by atoms with Gasteiger partial charge in [-0.1, -0.05) is 6.92 Å². The minimum Gasteiger partial charge on any atom is -0.344 e. The number of hydrogen-bond donors (Lipinski definition) is 1. The van der Waals surface area contributed by atoms with Gasteiger partial charge in [0.25, 0.3) is 0 Å². The Balaban J connectivity index is 2.66. The molecule has 1 aliphatic rings. The lowest BCUT2D eigenvalue weighted by atomic mass is 10.1. The van der Waals surface area contributed by atoms with E-state index in [1.165, 1.54) is 0 Å². The molecule has 1 rings (SSSR count). The van der Waals surface area contributed by atoms with Crippen LogP contribution in [0.3, 0.4) is 0 Å². The quantitative estimate of drug-likeness (QED) is 0.722. The van der Waals surface area contributed by atoms with Crippen molar-refractivity contribution in [2.24, 2.45) is 0 Å². The van der Waals surface area contributed by atoms with Crippen molar-refractivity contribution in [2.75, 3.05) is 40.3 Å². The van der Waals surface area contributed by atoms with Gasteiger partial charge in [0.1, 0.15) is 0 Å². The molecule has 0 spiro atoms. The van der Waals surface area contributed by atoms with E-state index in [1.807, 2.05) is 19.0 Å². The van der Waals surface area contributed by atoms with Crippen LogP contribution in [0.2, 0.25) is 0 Å². The molecule has 1 N–H and O–H groups in total. The second kappa shape index (κ2) is 6.08. The van der Waals surface area contributed by atoms with Crippen molar-refractivity contribution in [3.8, 4) is 0 Å². The molecule has 0 aromatic rings. The molecule has 1 amide bonds. The first-order valence-corrected chi connectivity index (χ1v) is 5.84. The summed E-state index contributed by atoms with van der Waals surface area (Å²) in [6, 6.07) is 0.0787. The van der Waals surface area contributed by atoms with Crippen LogP contribution in [0.15, 0.2) is 0 Å². The Kier molecular flexibility index (Phi) is 5.05. The largest absolute Gasteiger partial charge is 0.344 e. The van der Waals surface area contributed by atoms with Gasteiger partial charge >= 0.3 is 0 Å². The second-order valence-corrected chi connectivity index (χ2v) is 4.15. The van der Waals surface area contributed by atoms with Gasteiger partial charge in [-0.05, 0) is 33.0 Å². The Morgan fingerprint density at radius 2 is 2.20 bits per heavy atom. The summed E-state index contributed by atoms with van der Waals surface area (Å²) in [5.74, 6) is 0.282. The van der Waals surface area contributed by atoms with E-state index in [-0.39, 0.29) is 11.9 Å². The lowest BCUT2D eigenvalue weighted by Gasteiger charge is -2.28. The van der Waals surface area contributed by atoms with Crippen molar-refractivity contribution in [1.82, 2.24) is 15.1 Å². The summed E-state index contributed by atoms with van der Waals surface area (Å²) in [7, 11) is 3.84. The van der Waals surface area contributed by atoms with Crippen LogP contribution >= 0.6 is 0 Å². The molecule has 1 saturated heterocycles. The van der Waals surface area contributed by atoms with Crippen molar-refractivity contribution in [2.45, 2.75) is 25.8 Å². The van der Waals surface area contributed by atoms with E-state index >= 15 is 0 Å². The Labute approximate surface area is 92.6 Å². The molecular weight excluding hydrogens is 190 g/mol. The van der Waals surface area contributed by atoms with Gasteiger partial charge in [0.15, 0.2) is 0 Å². The number of rotatable bonds is 4. The molecule has 0 bridgehead atoms. The minimum absolute atomic E-state index is 0.0787. The molecule has 4 heteroatoms. The molecule has 1 unspecified atom stereocenters. The Morgan fingerprint density at radius 1 is 1.47 bits per heavy atom. The molecule has 0 radical (unpaired) electrons. The van der Waals surface area contributed by atoms with Crippen LogP contribution in [0.1, 0.15) is 19.8 Å². The van der Waals surface area contributed by atoms with Crippen LogP contribution in [0, 0.1) is 0 Å². The van der Waals surface area contributed by atoms with E-state index in [4.69, 9.17) is 0 Å². The smallest absolute Gasteiger partial charge is 0.239 e. The summed E-state index contributed by atoms with van der Waals surface area (Å²) in [4.78, 5) is 16.2. The maximum atomic E-state index is 12.1. The number of amides is 1. The molecular formula is C11H23N3O. The van der Waals surface area contributed by atoms with Gasteiger partial charge in [-0.2, -0.15) is 0 Å². The first-order chi connectivity index (χ1) is 7.20. The average Bonchev–Trinajstić information content (AvgIpc) is 2.37. The molecule has 4 nitrogen and oxygen atoms in total. The summed E-state index contributed by atoms with van der Waals surface area (Å²) in [5, 5.41) is 3.12. The third kappa shape index (κ3) is 3.18. The molecule has 0 aromatic heterocycles. The van der Waals surface area contributed by atoms with Gasteiger partial charge < -0.3 is 10.2 Å². The zero-order chi connectivity index (χ0) is 11.3. The third-order valence-corrected chi connectivity index (χ3v) is 3.11. The fourth-order valence-corrected chi connectivity index (χ4v) is 2.15. The summed E-state index contributed by atoms with van der Waals surface area (Å²) >= 11 is 0. The molecule has 0 aliphatic carbocycles. The Hall–Kier alpha value is -0.610. The highest BCUT2D eigenvalue weighted by Gasteiger charge is 2.29. The highest BCUT2D eigenvalue weighted by Crippen LogP contribution is 2.12. The molecule has 1 atom stereocenters. The van der Waals surface area contributed by atoms with Gasteiger partial charge in [-0.25, -0.2) is 0 Å². The van der Waals surface area contributed by atoms with E-state index in [2.05, 4.69) is 17.1 Å². The lowest BCUT2D eigenvalue weighted by molar-refractivity contribution is -0.134. The van der Waals surface area contributed by atoms with Crippen molar-refractivity contribution < 1.29 is 4.79 Å². The third-order valence-electron chi connectivity index (χ3n) is 3.11. The van der Waals surface area contributed by atoms with Crippen LogP contribution in [-0.4, -0.2) is 62.0 Å². The monoisotopic (exact) mass is 213 g/mol. The van der Waals surface area contributed by atoms with Gasteiger partial charge in [-0.15, -0.1) is 0 Å². The Morgan fingerprint density at radius 3 is 2.80 bits per heavy atom. The van der Waals surface area contributed by atoms with Gasteiger partial charge in [-0.3, -0.25) is 9.69 Å². The predicted molar refractivity (Wildman–Crippen MR) is 61.8 cm³/mol. The zero-order valence-electron chi connectivity index (χ0n) is 10.1. The van der Waals surface area contributed by atoms with E-state index in [1.54, 1.807) is 0 Å². The molecule has 88 valence electrons. The minimum atomic E-state index is 0.0787. The summed E-state index contributed by atoms with van der Waals surface area (Å²) in [6.07, 6.45) is 2.00. The number of likely N-dealkylation sites (N-methyl/N-ethyl adjacent to an activating group) is 2. The van der Waals surface area contributed by atoms with Crippen molar-refractivity contribution in [3.05, 3.63) is 0 Å². The predicted octanol–water partition coefficient (Wildman–Crippen LogP) is 0.149. The number of carbonyl (C=O) groups is 1. The summed E-state index contributed by atoms with van der Waals surface area (Å²) in [6.45, 7) is 5.94. The fraction of sp³-hybridized carbons (Fsp3) is 0.909. The highest BCUT2D eigenvalue weighted by molar-refractivity contribution is 5.81. The van der Waals surface area contributed by atoms with Crippen LogP contribution in [-0.2, 0) is 4.79 Å². The van der Waals surface area contributed by atoms with E-state index in [0.29, 0.717) is 0 Å². The van der Waals surface area contributed by atoms with Crippen LogP contribution < -0.4 is 5.32 Å². The highest BCUT2D eigenvalue weighted by atomic mass is 16.2. The molecule has 1 fully saturated rings. The number of nitrogens with one attached hydrogen (secondary N) is 1. The lowest BCUT2D eigenvalue weighted by Crippen LogP contribution is -2.45. The number of hydrogen-bond acceptors (Lipinski definition) is 3. The van der Waals surface area contributed by atoms with Crippen molar-refractivity contribution in [3.63, 3.8) is 0 Å². The van der Waals surface area contributed by atoms with E-state index in [0.717, 1.165) is 39.0 Å². The number of carbonyl (C=O) groups excluding carboxylic acids is 1. The molecule has 0 saturated carbocycles. The summed E-state index contributed by atoms with van der Waals surface area (Å²) in [5.41, 5.74) is 0. The van der Waals surface area contributed by atoms with E-state index in [9.17, 15) is 4.79 Å². The zero-order valence-corrected chi connectivity index (χ0v) is 10.1. The maximum absolute atomic E-state index is 12.1. The van der Waals surface area contributed by atoms with Gasteiger partial charge in [0, 0.05) is 20.1 Å².